The SMILES string of the molecule is O=C(COc1ccccc1)Oc1ccccc1. The molecular weight excluding hydrogens is 216 g/mol. The third-order valence-corrected chi connectivity index (χ3v) is 2.07. The van der Waals surface area contributed by atoms with Crippen LogP contribution in [0, 0.1) is 0 Å². The Morgan fingerprint density at radius 1 is 0.824 bits per heavy atom. The van der Waals surface area contributed by atoms with Gasteiger partial charge in [0, 0.05) is 0 Å². The lowest BCUT2D eigenvalue weighted by atomic mass is 10.3. The minimum atomic E-state index is -0.417. The van der Waals surface area contributed by atoms with E-state index in [1.54, 1.807) is 36.4 Å². The van der Waals surface area contributed by atoms with Crippen molar-refractivity contribution in [3.63, 3.8) is 0 Å². The summed E-state index contributed by atoms with van der Waals surface area (Å²) >= 11 is 0. The van der Waals surface area contributed by atoms with Crippen LogP contribution in [0.5, 0.6) is 11.5 Å². The van der Waals surface area contributed by atoms with Crippen LogP contribution in [0.25, 0.3) is 0 Å². The normalized spacial score (nSPS) is 9.65. The number of ether oxygens (including phenoxy) is 2. The predicted molar refractivity (Wildman–Crippen MR) is 64.0 cm³/mol. The van der Waals surface area contributed by atoms with Gasteiger partial charge in [-0.1, -0.05) is 36.4 Å². The number of hydrogen-bond donors (Lipinski definition) is 0. The molecule has 0 fully saturated rings. The van der Waals surface area contributed by atoms with Crippen LogP contribution in [-0.2, 0) is 4.79 Å². The molecule has 3 heteroatoms. The summed E-state index contributed by atoms with van der Waals surface area (Å²) in [6.07, 6.45) is 0. The molecule has 0 unspecified atom stereocenters. The van der Waals surface area contributed by atoms with Crippen LogP contribution < -0.4 is 9.47 Å². The van der Waals surface area contributed by atoms with Gasteiger partial charge in [0.2, 0.25) is 0 Å². The van der Waals surface area contributed by atoms with E-state index in [2.05, 4.69) is 0 Å². The molecule has 0 amide bonds. The van der Waals surface area contributed by atoms with Gasteiger partial charge in [-0.05, 0) is 24.3 Å². The van der Waals surface area contributed by atoms with Crippen LogP contribution in [-0.4, -0.2) is 12.6 Å². The van der Waals surface area contributed by atoms with E-state index >= 15 is 0 Å². The van der Waals surface area contributed by atoms with E-state index in [1.807, 2.05) is 24.3 Å². The zero-order valence-corrected chi connectivity index (χ0v) is 9.21. The predicted octanol–water partition coefficient (Wildman–Crippen LogP) is 2.67. The number of hydrogen-bond acceptors (Lipinski definition) is 3. The number of para-hydroxylation sites is 2. The fourth-order valence-electron chi connectivity index (χ4n) is 1.31. The Hall–Kier alpha value is -2.29. The first-order valence-corrected chi connectivity index (χ1v) is 5.28. The zero-order valence-electron chi connectivity index (χ0n) is 9.21. The van der Waals surface area contributed by atoms with E-state index in [-0.39, 0.29) is 6.61 Å². The molecule has 86 valence electrons. The Morgan fingerprint density at radius 3 is 1.94 bits per heavy atom. The van der Waals surface area contributed by atoms with Crippen molar-refractivity contribution in [2.75, 3.05) is 6.61 Å². The standard InChI is InChI=1S/C14H12O3/c15-14(17-13-9-5-2-6-10-13)11-16-12-7-3-1-4-8-12/h1-10H,11H2. The second-order valence-electron chi connectivity index (χ2n) is 3.39. The van der Waals surface area contributed by atoms with Crippen LogP contribution in [0.4, 0.5) is 0 Å². The van der Waals surface area contributed by atoms with Crippen LogP contribution >= 0.6 is 0 Å². The van der Waals surface area contributed by atoms with E-state index in [4.69, 9.17) is 9.47 Å². The highest BCUT2D eigenvalue weighted by molar-refractivity contribution is 5.73. The molecule has 2 rings (SSSR count). The molecule has 0 aliphatic heterocycles. The number of esters is 1. The van der Waals surface area contributed by atoms with Crippen molar-refractivity contribution >= 4 is 5.97 Å². The van der Waals surface area contributed by atoms with Gasteiger partial charge in [-0.15, -0.1) is 0 Å². The Bertz CT molecular complexity index is 465. The molecule has 0 aliphatic carbocycles. The topological polar surface area (TPSA) is 35.5 Å². The van der Waals surface area contributed by atoms with Gasteiger partial charge in [0.1, 0.15) is 11.5 Å². The second-order valence-corrected chi connectivity index (χ2v) is 3.39. The lowest BCUT2D eigenvalue weighted by molar-refractivity contribution is -0.136. The summed E-state index contributed by atoms with van der Waals surface area (Å²) in [4.78, 5) is 11.4. The van der Waals surface area contributed by atoms with E-state index < -0.39 is 5.97 Å². The summed E-state index contributed by atoms with van der Waals surface area (Å²) in [7, 11) is 0. The van der Waals surface area contributed by atoms with Crippen LogP contribution in [0.1, 0.15) is 0 Å². The first-order chi connectivity index (χ1) is 8.34. The number of carbonyl (C=O) groups excluding carboxylic acids is 1. The molecule has 0 bridgehead atoms. The molecule has 0 spiro atoms. The smallest absolute Gasteiger partial charge is 0.349 e. The van der Waals surface area contributed by atoms with Crippen LogP contribution in [0.2, 0.25) is 0 Å². The van der Waals surface area contributed by atoms with Gasteiger partial charge in [-0.25, -0.2) is 4.79 Å². The van der Waals surface area contributed by atoms with Gasteiger partial charge in [0.05, 0.1) is 0 Å². The summed E-state index contributed by atoms with van der Waals surface area (Å²) in [6.45, 7) is -0.0983. The first kappa shape index (κ1) is 11.2. The third kappa shape index (κ3) is 3.65. The van der Waals surface area contributed by atoms with Crippen LogP contribution in [0.3, 0.4) is 0 Å². The minimum absolute atomic E-state index is 0.0983. The van der Waals surface area contributed by atoms with Gasteiger partial charge >= 0.3 is 5.97 Å². The summed E-state index contributed by atoms with van der Waals surface area (Å²) < 4.78 is 10.3. The Kier molecular flexibility index (Phi) is 3.76. The maximum absolute atomic E-state index is 11.4. The summed E-state index contributed by atoms with van der Waals surface area (Å²) in [6, 6.07) is 18.1. The molecular formula is C14H12O3. The lowest BCUT2D eigenvalue weighted by Crippen LogP contribution is -2.17. The van der Waals surface area contributed by atoms with E-state index in [1.165, 1.54) is 0 Å². The molecule has 2 aromatic rings. The highest BCUT2D eigenvalue weighted by atomic mass is 16.6. The van der Waals surface area contributed by atoms with Crippen LogP contribution in [0.15, 0.2) is 60.7 Å². The molecule has 0 heterocycles. The second kappa shape index (κ2) is 5.70. The molecule has 0 saturated carbocycles. The van der Waals surface area contributed by atoms with E-state index in [0.29, 0.717) is 11.5 Å². The molecule has 0 aliphatic rings. The number of carbonyl (C=O) groups is 1. The lowest BCUT2D eigenvalue weighted by Gasteiger charge is -2.06. The maximum atomic E-state index is 11.4. The van der Waals surface area contributed by atoms with Crippen molar-refractivity contribution in [3.8, 4) is 11.5 Å². The minimum Gasteiger partial charge on any atom is -0.482 e. The highest BCUT2D eigenvalue weighted by Gasteiger charge is 2.05. The van der Waals surface area contributed by atoms with Crippen molar-refractivity contribution in [2.45, 2.75) is 0 Å². The molecule has 0 aromatic heterocycles. The van der Waals surface area contributed by atoms with E-state index in [9.17, 15) is 4.79 Å². The third-order valence-electron chi connectivity index (χ3n) is 2.07. The van der Waals surface area contributed by atoms with Crippen molar-refractivity contribution in [1.29, 1.82) is 0 Å². The Balaban J connectivity index is 1.83. The van der Waals surface area contributed by atoms with Crippen molar-refractivity contribution in [3.05, 3.63) is 60.7 Å². The first-order valence-electron chi connectivity index (χ1n) is 5.28. The molecule has 0 atom stereocenters. The monoisotopic (exact) mass is 228 g/mol. The number of benzene rings is 2. The van der Waals surface area contributed by atoms with Gasteiger partial charge in [-0.2, -0.15) is 0 Å². The van der Waals surface area contributed by atoms with Crippen molar-refractivity contribution in [2.24, 2.45) is 0 Å². The quantitative estimate of drug-likeness (QED) is 0.596. The highest BCUT2D eigenvalue weighted by Crippen LogP contribution is 2.10. The molecule has 0 saturated heterocycles. The van der Waals surface area contributed by atoms with Gasteiger partial charge in [0.15, 0.2) is 6.61 Å². The van der Waals surface area contributed by atoms with Gasteiger partial charge in [0.25, 0.3) is 0 Å². The number of rotatable bonds is 4. The summed E-state index contributed by atoms with van der Waals surface area (Å²) in [5, 5.41) is 0. The van der Waals surface area contributed by atoms with Gasteiger partial charge in [-0.3, -0.25) is 0 Å². The largest absolute Gasteiger partial charge is 0.482 e. The summed E-state index contributed by atoms with van der Waals surface area (Å²) in [5.41, 5.74) is 0. The molecule has 3 nitrogen and oxygen atoms in total. The molecule has 0 N–H and O–H groups in total. The molecule has 17 heavy (non-hydrogen) atoms. The van der Waals surface area contributed by atoms with Crippen molar-refractivity contribution < 1.29 is 14.3 Å². The average Bonchev–Trinajstić information content (AvgIpc) is 2.39. The Morgan fingerprint density at radius 2 is 1.35 bits per heavy atom. The fraction of sp³-hybridized carbons (Fsp3) is 0.0714. The molecule has 0 radical (unpaired) electrons. The van der Waals surface area contributed by atoms with E-state index in [0.717, 1.165) is 0 Å². The summed E-state index contributed by atoms with van der Waals surface area (Å²) in [5.74, 6) is 0.756. The fourth-order valence-corrected chi connectivity index (χ4v) is 1.31. The maximum Gasteiger partial charge on any atom is 0.349 e. The average molecular weight is 228 g/mol. The zero-order chi connectivity index (χ0) is 11.9. The van der Waals surface area contributed by atoms with Crippen molar-refractivity contribution in [1.82, 2.24) is 0 Å². The van der Waals surface area contributed by atoms with Gasteiger partial charge < -0.3 is 9.47 Å². The Labute approximate surface area is 99.6 Å². The molecule has 2 aromatic carbocycles.